The van der Waals surface area contributed by atoms with E-state index >= 15 is 0 Å². The van der Waals surface area contributed by atoms with Gasteiger partial charge in [-0.1, -0.05) is 0 Å². The molecule has 0 rings (SSSR count). The molecule has 1 atom stereocenters. The number of hydrogen-bond donors (Lipinski definition) is 3. The van der Waals surface area contributed by atoms with Crippen LogP contribution in [0.3, 0.4) is 0 Å². The van der Waals surface area contributed by atoms with Crippen LogP contribution in [0.25, 0.3) is 0 Å². The molecule has 9 heavy (non-hydrogen) atoms. The first-order valence-electron chi connectivity index (χ1n) is 1.53. The summed E-state index contributed by atoms with van der Waals surface area (Å²) >= 11 is 0. The number of rotatable bonds is 2. The van der Waals surface area contributed by atoms with E-state index in [1.165, 1.54) is 0 Å². The van der Waals surface area contributed by atoms with Crippen LogP contribution < -0.4 is 0 Å². The smallest absolute Gasteiger partial charge is 0.321 e. The van der Waals surface area contributed by atoms with Crippen LogP contribution in [0, 0.1) is 0 Å². The van der Waals surface area contributed by atoms with Gasteiger partial charge in [-0.15, -0.1) is 0 Å². The minimum atomic E-state index is -4.60. The Hall–Kier alpha value is 0.490. The van der Waals surface area contributed by atoms with Crippen molar-refractivity contribution in [3.8, 4) is 0 Å². The van der Waals surface area contributed by atoms with Crippen LogP contribution in [0.15, 0.2) is 0 Å². The van der Waals surface area contributed by atoms with Gasteiger partial charge in [0.15, 0.2) is 7.47 Å². The second-order valence-electron chi connectivity index (χ2n) is 1.11. The van der Waals surface area contributed by atoms with Gasteiger partial charge in [0.2, 0.25) is 0 Å². The van der Waals surface area contributed by atoms with E-state index in [0.717, 1.165) is 0 Å². The molecule has 6 nitrogen and oxygen atoms in total. The normalized spacial score (nSPS) is 15.0. The average molecular weight is 194 g/mol. The molecule has 0 aromatic rings. The third kappa shape index (κ3) is 8.49. The summed E-state index contributed by atoms with van der Waals surface area (Å²) < 4.78 is 37.1. The van der Waals surface area contributed by atoms with Crippen molar-refractivity contribution in [1.82, 2.24) is 0 Å². The summed E-state index contributed by atoms with van der Waals surface area (Å²) in [6.45, 7) is 0. The molecule has 0 bridgehead atoms. The first-order valence-corrected chi connectivity index (χ1v) is 7.15. The largest absolute Gasteiger partial charge is 0.359 e. The lowest BCUT2D eigenvalue weighted by Crippen LogP contribution is -1.85. The highest BCUT2D eigenvalue weighted by Crippen LogP contribution is 2.58. The zero-order valence-electron chi connectivity index (χ0n) is 3.92. The quantitative estimate of drug-likeness (QED) is 0.405. The van der Waals surface area contributed by atoms with Crippen LogP contribution >= 0.6 is 14.8 Å². The van der Waals surface area contributed by atoms with E-state index in [-0.39, 0.29) is 0 Å². The second-order valence-corrected chi connectivity index (χ2v) is 8.82. The van der Waals surface area contributed by atoms with Crippen molar-refractivity contribution in [3.05, 3.63) is 0 Å². The van der Waals surface area contributed by atoms with Gasteiger partial charge >= 0.3 is 7.28 Å². The molecule has 0 saturated carbocycles. The van der Waals surface area contributed by atoms with Gasteiger partial charge in [0.25, 0.3) is 9.74 Å². The van der Waals surface area contributed by atoms with Crippen LogP contribution in [-0.4, -0.2) is 22.8 Å². The SMILES string of the molecule is O=P(O)(O)PS(=O)(=O)O. The van der Waals surface area contributed by atoms with Gasteiger partial charge in [0.05, 0.1) is 0 Å². The van der Waals surface area contributed by atoms with Crippen LogP contribution in [0.5, 0.6) is 0 Å². The molecule has 0 spiro atoms. The minimum absolute atomic E-state index is 1.75. The van der Waals surface area contributed by atoms with Crippen LogP contribution in [-0.2, 0) is 14.3 Å². The third-order valence-electron chi connectivity index (χ3n) is 0.234. The maximum absolute atomic E-state index is 9.81. The second kappa shape index (κ2) is 2.62. The van der Waals surface area contributed by atoms with Crippen LogP contribution in [0.1, 0.15) is 0 Å². The first-order chi connectivity index (χ1) is 3.71. The predicted molar refractivity (Wildman–Crippen MR) is 31.9 cm³/mol. The first kappa shape index (κ1) is 9.49. The Kier molecular flexibility index (Phi) is 2.76. The molecule has 0 aromatic carbocycles. The summed E-state index contributed by atoms with van der Waals surface area (Å²) in [7, 11) is -10.9. The maximum atomic E-state index is 9.81. The average Bonchev–Trinajstić information content (AvgIpc) is 1.14. The van der Waals surface area contributed by atoms with Crippen molar-refractivity contribution in [2.45, 2.75) is 0 Å². The Morgan fingerprint density at radius 1 is 1.33 bits per heavy atom. The van der Waals surface area contributed by atoms with Gasteiger partial charge < -0.3 is 9.79 Å². The molecule has 56 valence electrons. The van der Waals surface area contributed by atoms with Gasteiger partial charge in [-0.3, -0.25) is 9.12 Å². The lowest BCUT2D eigenvalue weighted by atomic mass is 15.8. The molecular formula is H4O6P2S. The zero-order chi connectivity index (χ0) is 7.71. The fourth-order valence-electron chi connectivity index (χ4n) is 0.150. The molecule has 0 heterocycles. The summed E-state index contributed by atoms with van der Waals surface area (Å²) in [5.74, 6) is 0. The fourth-order valence-corrected chi connectivity index (χ4v) is 4.06. The van der Waals surface area contributed by atoms with Crippen molar-refractivity contribution < 1.29 is 27.3 Å². The van der Waals surface area contributed by atoms with E-state index in [1.807, 2.05) is 0 Å². The fraction of sp³-hybridized carbons (Fsp3) is 0. The molecule has 0 aliphatic heterocycles. The summed E-state index contributed by atoms with van der Waals surface area (Å²) in [4.78, 5) is 15.9. The number of hydrogen-bond acceptors (Lipinski definition) is 3. The molecule has 9 heteroatoms. The lowest BCUT2D eigenvalue weighted by molar-refractivity contribution is 0.396. The van der Waals surface area contributed by atoms with Crippen molar-refractivity contribution >= 4 is 24.5 Å². The lowest BCUT2D eigenvalue weighted by Gasteiger charge is -1.97. The highest BCUT2D eigenvalue weighted by molar-refractivity contribution is 8.63. The van der Waals surface area contributed by atoms with E-state index in [1.54, 1.807) is 0 Å². The summed E-state index contributed by atoms with van der Waals surface area (Å²) in [5, 5.41) is 0. The van der Waals surface area contributed by atoms with Gasteiger partial charge in [-0.2, -0.15) is 8.42 Å². The molecule has 1 unspecified atom stereocenters. The van der Waals surface area contributed by atoms with E-state index in [0.29, 0.717) is 0 Å². The van der Waals surface area contributed by atoms with Crippen LogP contribution in [0.2, 0.25) is 0 Å². The zero-order valence-corrected chi connectivity index (χ0v) is 6.63. The molecule has 3 N–H and O–H groups in total. The molecule has 0 saturated heterocycles. The molecule has 0 amide bonds. The van der Waals surface area contributed by atoms with Crippen molar-refractivity contribution in [1.29, 1.82) is 0 Å². The summed E-state index contributed by atoms with van der Waals surface area (Å²) in [5.41, 5.74) is 0. The van der Waals surface area contributed by atoms with E-state index in [9.17, 15) is 13.0 Å². The van der Waals surface area contributed by atoms with Crippen LogP contribution in [0.4, 0.5) is 0 Å². The van der Waals surface area contributed by atoms with E-state index in [2.05, 4.69) is 0 Å². The van der Waals surface area contributed by atoms with E-state index < -0.39 is 24.5 Å². The molecule has 0 aliphatic rings. The summed E-state index contributed by atoms with van der Waals surface area (Å²) in [6, 6.07) is 0. The molecule has 0 aliphatic carbocycles. The molecule has 0 aromatic heterocycles. The standard InChI is InChI=1S/H4O6P2S/c1-8(2,3)7-9(4,5)6/h7H,(H2,1,2,3)(H,4,5,6). The van der Waals surface area contributed by atoms with E-state index in [4.69, 9.17) is 14.3 Å². The van der Waals surface area contributed by atoms with Gasteiger partial charge in [-0.25, -0.2) is 0 Å². The summed E-state index contributed by atoms with van der Waals surface area (Å²) in [6.07, 6.45) is 0. The Morgan fingerprint density at radius 3 is 1.67 bits per heavy atom. The Labute approximate surface area is 52.6 Å². The molecular weight excluding hydrogens is 190 g/mol. The molecule has 0 radical (unpaired) electrons. The highest BCUT2D eigenvalue weighted by Gasteiger charge is 2.22. The Bertz CT molecular complexity index is 217. The minimum Gasteiger partial charge on any atom is -0.321 e. The highest BCUT2D eigenvalue weighted by atomic mass is 32.9. The van der Waals surface area contributed by atoms with Gasteiger partial charge in [-0.05, 0) is 0 Å². The monoisotopic (exact) mass is 194 g/mol. The van der Waals surface area contributed by atoms with Crippen molar-refractivity contribution in [3.63, 3.8) is 0 Å². The maximum Gasteiger partial charge on any atom is 0.359 e. The molecule has 0 fully saturated rings. The predicted octanol–water partition coefficient (Wildman–Crippen LogP) is -0.440. The van der Waals surface area contributed by atoms with Gasteiger partial charge in [0, 0.05) is 0 Å². The van der Waals surface area contributed by atoms with Crippen molar-refractivity contribution in [2.75, 3.05) is 0 Å². The van der Waals surface area contributed by atoms with Crippen molar-refractivity contribution in [2.24, 2.45) is 0 Å². The third-order valence-corrected chi connectivity index (χ3v) is 6.33. The topological polar surface area (TPSA) is 112 Å². The Morgan fingerprint density at radius 2 is 1.67 bits per heavy atom. The Balaban J connectivity index is 4.26. The van der Waals surface area contributed by atoms with Gasteiger partial charge in [0.1, 0.15) is 0 Å².